The van der Waals surface area contributed by atoms with Crippen molar-refractivity contribution in [2.75, 3.05) is 7.11 Å². The van der Waals surface area contributed by atoms with E-state index in [1.165, 1.54) is 13.2 Å². The van der Waals surface area contributed by atoms with Crippen LogP contribution in [-0.2, 0) is 3.74 Å². The van der Waals surface area contributed by atoms with Crippen molar-refractivity contribution in [1.82, 2.24) is 0 Å². The number of hydrogen-bond donors (Lipinski definition) is 2. The number of rotatable bonds is 3. The van der Waals surface area contributed by atoms with Gasteiger partial charge in [0.05, 0.1) is 0 Å². The van der Waals surface area contributed by atoms with Gasteiger partial charge in [-0.1, -0.05) is 0 Å². The van der Waals surface area contributed by atoms with Crippen molar-refractivity contribution < 1.29 is 21.6 Å². The van der Waals surface area contributed by atoms with Crippen LogP contribution in [-0.4, -0.2) is 34.4 Å². The van der Waals surface area contributed by atoms with Crippen LogP contribution < -0.4 is 9.09 Å². The monoisotopic (exact) mass is 277 g/mol. The molecule has 1 aromatic carbocycles. The van der Waals surface area contributed by atoms with Gasteiger partial charge in [0.25, 0.3) is 0 Å². The Bertz CT molecular complexity index is 439. The fourth-order valence-electron chi connectivity index (χ4n) is 1.02. The molecule has 1 aromatic rings. The summed E-state index contributed by atoms with van der Waals surface area (Å²) >= 11 is -5.26. The molecule has 7 nitrogen and oxygen atoms in total. The summed E-state index contributed by atoms with van der Waals surface area (Å²) in [5.74, 6) is 0.175. The summed E-state index contributed by atoms with van der Waals surface area (Å²) in [4.78, 5) is 9.70. The predicted octanol–water partition coefficient (Wildman–Crippen LogP) is -0.836. The Kier molecular flexibility index (Phi) is 3.18. The van der Waals surface area contributed by atoms with Crippen LogP contribution in [0.4, 0.5) is 5.69 Å². The molecule has 8 heteroatoms. The van der Waals surface area contributed by atoms with Gasteiger partial charge >= 0.3 is 87.0 Å². The average Bonchev–Trinajstić information content (AvgIpc) is 2.15. The molecule has 0 spiro atoms. The molecule has 1 rings (SSSR count). The van der Waals surface area contributed by atoms with Crippen LogP contribution in [0.2, 0.25) is 0 Å². The van der Waals surface area contributed by atoms with Crippen molar-refractivity contribution in [2.45, 2.75) is 0 Å². The van der Waals surface area contributed by atoms with E-state index >= 15 is 0 Å². The summed E-state index contributed by atoms with van der Waals surface area (Å²) in [5.41, 5.74) is -0.623. The normalized spacial score (nSPS) is 11.1. The Morgan fingerprint density at radius 3 is 2.47 bits per heavy atom. The van der Waals surface area contributed by atoms with Gasteiger partial charge in [0.1, 0.15) is 0 Å². The van der Waals surface area contributed by atoms with Gasteiger partial charge < -0.3 is 0 Å². The van der Waals surface area contributed by atoms with Crippen molar-refractivity contribution in [3.63, 3.8) is 0 Å². The van der Waals surface area contributed by atoms with Crippen LogP contribution in [0, 0.1) is 10.1 Å². The van der Waals surface area contributed by atoms with Crippen LogP contribution in [0.3, 0.4) is 0 Å². The predicted molar refractivity (Wildman–Crippen MR) is 50.2 cm³/mol. The van der Waals surface area contributed by atoms with E-state index in [1.807, 2.05) is 0 Å². The first-order valence-corrected chi connectivity index (χ1v) is 7.13. The van der Waals surface area contributed by atoms with Gasteiger partial charge in [-0.3, -0.25) is 0 Å². The maximum absolute atomic E-state index is 11.0. The molecular formula is C7H8AsNO6. The number of nitro groups is 1. The summed E-state index contributed by atoms with van der Waals surface area (Å²) in [5, 5.41) is 10.6. The summed E-state index contributed by atoms with van der Waals surface area (Å²) < 4.78 is 33.0. The van der Waals surface area contributed by atoms with Crippen molar-refractivity contribution >= 4 is 24.2 Å². The summed E-state index contributed by atoms with van der Waals surface area (Å²) in [7, 11) is 1.31. The van der Waals surface area contributed by atoms with Crippen LogP contribution >= 0.6 is 0 Å². The molecule has 0 unspecified atom stereocenters. The quantitative estimate of drug-likeness (QED) is 0.423. The molecule has 0 aromatic heterocycles. The number of ether oxygens (including phenoxy) is 1. The SMILES string of the molecule is COc1ccc([As](=O)(O)O)c([N+](=O)[O-])c1. The summed E-state index contributed by atoms with van der Waals surface area (Å²) in [6, 6.07) is 3.26. The second-order valence-electron chi connectivity index (χ2n) is 2.66. The minimum atomic E-state index is -5.26. The zero-order valence-electron chi connectivity index (χ0n) is 7.65. The summed E-state index contributed by atoms with van der Waals surface area (Å²) in [6.07, 6.45) is 0. The number of benzene rings is 1. The van der Waals surface area contributed by atoms with E-state index < -0.39 is 29.1 Å². The third-order valence-corrected chi connectivity index (χ3v) is 3.80. The third kappa shape index (κ3) is 2.59. The van der Waals surface area contributed by atoms with E-state index in [2.05, 4.69) is 0 Å². The molecule has 15 heavy (non-hydrogen) atoms. The molecule has 0 heterocycles. The molecule has 0 aliphatic heterocycles. The van der Waals surface area contributed by atoms with Gasteiger partial charge in [-0.2, -0.15) is 0 Å². The minimum absolute atomic E-state index is 0.175. The third-order valence-electron chi connectivity index (χ3n) is 1.69. The van der Waals surface area contributed by atoms with Crippen LogP contribution in [0.15, 0.2) is 18.2 Å². The molecule has 0 aliphatic rings. The zero-order valence-corrected chi connectivity index (χ0v) is 9.53. The van der Waals surface area contributed by atoms with Gasteiger partial charge in [-0.25, -0.2) is 0 Å². The Morgan fingerprint density at radius 2 is 2.07 bits per heavy atom. The van der Waals surface area contributed by atoms with Crippen LogP contribution in [0.5, 0.6) is 5.75 Å². The van der Waals surface area contributed by atoms with Crippen LogP contribution in [0.25, 0.3) is 0 Å². The number of nitro benzene ring substituents is 1. The molecule has 0 atom stereocenters. The van der Waals surface area contributed by atoms with Crippen molar-refractivity contribution in [2.24, 2.45) is 0 Å². The van der Waals surface area contributed by atoms with Crippen molar-refractivity contribution in [3.8, 4) is 5.75 Å². The van der Waals surface area contributed by atoms with E-state index in [0.717, 1.165) is 12.1 Å². The first-order valence-electron chi connectivity index (χ1n) is 3.75. The Hall–Kier alpha value is -1.30. The van der Waals surface area contributed by atoms with Crippen LogP contribution in [0.1, 0.15) is 0 Å². The molecule has 0 saturated carbocycles. The van der Waals surface area contributed by atoms with Crippen molar-refractivity contribution in [3.05, 3.63) is 28.3 Å². The fraction of sp³-hybridized carbons (Fsp3) is 0.143. The molecule has 0 radical (unpaired) electrons. The van der Waals surface area contributed by atoms with Gasteiger partial charge in [0.15, 0.2) is 0 Å². The first kappa shape index (κ1) is 11.8. The van der Waals surface area contributed by atoms with Gasteiger partial charge in [0.2, 0.25) is 0 Å². The molecular weight excluding hydrogens is 269 g/mol. The summed E-state index contributed by atoms with van der Waals surface area (Å²) in [6.45, 7) is 0. The van der Waals surface area contributed by atoms with Gasteiger partial charge in [-0.05, 0) is 0 Å². The molecule has 0 bridgehead atoms. The second-order valence-corrected chi connectivity index (χ2v) is 5.95. The molecule has 82 valence electrons. The zero-order chi connectivity index (χ0) is 11.6. The molecule has 0 amide bonds. The number of hydrogen-bond acceptors (Lipinski definition) is 4. The maximum atomic E-state index is 11.0. The van der Waals surface area contributed by atoms with E-state index in [0.29, 0.717) is 0 Å². The van der Waals surface area contributed by atoms with Gasteiger partial charge in [0, 0.05) is 0 Å². The number of methoxy groups -OCH3 is 1. The molecule has 0 saturated heterocycles. The standard InChI is InChI=1S/C7H8AsNO6/c1-15-5-2-3-6(8(10,11)12)7(4-5)9(13)14/h2-4H,1H3,(H2,10,11,12). The Morgan fingerprint density at radius 1 is 1.47 bits per heavy atom. The molecule has 2 N–H and O–H groups in total. The van der Waals surface area contributed by atoms with Gasteiger partial charge in [-0.15, -0.1) is 0 Å². The fourth-order valence-corrected chi connectivity index (χ4v) is 2.52. The molecule has 0 fully saturated rings. The Labute approximate surface area is 87.4 Å². The second kappa shape index (κ2) is 4.06. The Balaban J connectivity index is 3.41. The van der Waals surface area contributed by atoms with Crippen molar-refractivity contribution in [1.29, 1.82) is 0 Å². The first-order chi connectivity index (χ1) is 6.86. The topological polar surface area (TPSA) is 110 Å². The molecule has 0 aliphatic carbocycles. The van der Waals surface area contributed by atoms with E-state index in [-0.39, 0.29) is 5.75 Å². The van der Waals surface area contributed by atoms with E-state index in [4.69, 9.17) is 12.9 Å². The number of nitrogens with zero attached hydrogens (tertiary/aromatic N) is 1. The average molecular weight is 277 g/mol. The van der Waals surface area contributed by atoms with E-state index in [1.54, 1.807) is 0 Å². The van der Waals surface area contributed by atoms with E-state index in [9.17, 15) is 13.9 Å².